The number of hydrogen-bond donors (Lipinski definition) is 1. The molecule has 0 radical (unpaired) electrons. The molecular formula is C29H40FN3O4. The van der Waals surface area contributed by atoms with E-state index >= 15 is 0 Å². The quantitative estimate of drug-likeness (QED) is 0.472. The summed E-state index contributed by atoms with van der Waals surface area (Å²) in [5.41, 5.74) is 1.27. The van der Waals surface area contributed by atoms with Crippen molar-refractivity contribution in [2.75, 3.05) is 19.7 Å². The third-order valence-electron chi connectivity index (χ3n) is 5.93. The SMILES string of the molecule is CC(C)COc1ccc(CN(Cc2ccc(F)cc2)C(=O)NC2CCN(C(=O)OC(C)(C)C)CC2)cc1. The maximum absolute atomic E-state index is 13.4. The highest BCUT2D eigenvalue weighted by Crippen LogP contribution is 2.19. The van der Waals surface area contributed by atoms with Gasteiger partial charge in [0.05, 0.1) is 6.61 Å². The van der Waals surface area contributed by atoms with Crippen LogP contribution in [0.3, 0.4) is 0 Å². The first-order valence-corrected chi connectivity index (χ1v) is 13.0. The van der Waals surface area contributed by atoms with Crippen molar-refractivity contribution in [3.05, 3.63) is 65.5 Å². The lowest BCUT2D eigenvalue weighted by atomic mass is 10.1. The van der Waals surface area contributed by atoms with Gasteiger partial charge in [-0.25, -0.2) is 14.0 Å². The Kier molecular flexibility index (Phi) is 9.78. The van der Waals surface area contributed by atoms with E-state index in [-0.39, 0.29) is 24.0 Å². The van der Waals surface area contributed by atoms with Crippen molar-refractivity contribution in [3.8, 4) is 5.75 Å². The molecule has 2 aromatic carbocycles. The zero-order valence-electron chi connectivity index (χ0n) is 22.6. The fourth-order valence-corrected chi connectivity index (χ4v) is 3.98. The first-order chi connectivity index (χ1) is 17.5. The van der Waals surface area contributed by atoms with Gasteiger partial charge < -0.3 is 24.6 Å². The van der Waals surface area contributed by atoms with Crippen molar-refractivity contribution in [1.29, 1.82) is 0 Å². The maximum atomic E-state index is 13.4. The minimum Gasteiger partial charge on any atom is -0.493 e. The topological polar surface area (TPSA) is 71.1 Å². The minimum absolute atomic E-state index is 0.0475. The Labute approximate surface area is 219 Å². The molecule has 1 N–H and O–H groups in total. The molecule has 37 heavy (non-hydrogen) atoms. The van der Waals surface area contributed by atoms with Crippen molar-refractivity contribution in [2.45, 2.75) is 72.2 Å². The predicted molar refractivity (Wildman–Crippen MR) is 142 cm³/mol. The van der Waals surface area contributed by atoms with Crippen LogP contribution >= 0.6 is 0 Å². The third-order valence-corrected chi connectivity index (χ3v) is 5.93. The van der Waals surface area contributed by atoms with Gasteiger partial charge in [-0.15, -0.1) is 0 Å². The highest BCUT2D eigenvalue weighted by molar-refractivity contribution is 5.74. The van der Waals surface area contributed by atoms with Gasteiger partial charge in [0.1, 0.15) is 17.2 Å². The zero-order chi connectivity index (χ0) is 27.0. The van der Waals surface area contributed by atoms with Crippen LogP contribution in [0.2, 0.25) is 0 Å². The molecule has 0 aromatic heterocycles. The number of rotatable bonds is 8. The van der Waals surface area contributed by atoms with E-state index in [9.17, 15) is 14.0 Å². The predicted octanol–water partition coefficient (Wildman–Crippen LogP) is 5.97. The number of likely N-dealkylation sites (tertiary alicyclic amines) is 1. The molecule has 202 valence electrons. The number of nitrogens with zero attached hydrogens (tertiary/aromatic N) is 2. The molecule has 1 heterocycles. The Morgan fingerprint density at radius 3 is 2.05 bits per heavy atom. The van der Waals surface area contributed by atoms with Crippen molar-refractivity contribution < 1.29 is 23.5 Å². The van der Waals surface area contributed by atoms with Crippen LogP contribution in [0.15, 0.2) is 48.5 Å². The number of halogens is 1. The Morgan fingerprint density at radius 2 is 1.54 bits per heavy atom. The molecule has 8 heteroatoms. The molecular weight excluding hydrogens is 473 g/mol. The van der Waals surface area contributed by atoms with Gasteiger partial charge in [0.25, 0.3) is 0 Å². The molecule has 1 fully saturated rings. The average Bonchev–Trinajstić information content (AvgIpc) is 2.84. The van der Waals surface area contributed by atoms with Crippen LogP contribution in [0.4, 0.5) is 14.0 Å². The van der Waals surface area contributed by atoms with Gasteiger partial charge >= 0.3 is 12.1 Å². The number of amides is 3. The molecule has 0 aliphatic carbocycles. The van der Waals surface area contributed by atoms with E-state index < -0.39 is 5.60 Å². The maximum Gasteiger partial charge on any atom is 0.410 e. The summed E-state index contributed by atoms with van der Waals surface area (Å²) < 4.78 is 24.7. The van der Waals surface area contributed by atoms with Crippen molar-refractivity contribution >= 4 is 12.1 Å². The molecule has 0 spiro atoms. The van der Waals surface area contributed by atoms with Crippen LogP contribution < -0.4 is 10.1 Å². The van der Waals surface area contributed by atoms with Gasteiger partial charge in [-0.05, 0) is 74.9 Å². The summed E-state index contributed by atoms with van der Waals surface area (Å²) in [5, 5.41) is 3.13. The monoisotopic (exact) mass is 513 g/mol. The molecule has 0 atom stereocenters. The van der Waals surface area contributed by atoms with Crippen molar-refractivity contribution in [2.24, 2.45) is 5.92 Å². The number of ether oxygens (including phenoxy) is 2. The largest absolute Gasteiger partial charge is 0.493 e. The number of carbonyl (C=O) groups excluding carboxylic acids is 2. The molecule has 3 rings (SSSR count). The van der Waals surface area contributed by atoms with Gasteiger partial charge in [-0.2, -0.15) is 0 Å². The van der Waals surface area contributed by atoms with Gasteiger partial charge in [-0.1, -0.05) is 38.1 Å². The van der Waals surface area contributed by atoms with Gasteiger partial charge in [0.15, 0.2) is 0 Å². The van der Waals surface area contributed by atoms with E-state index in [1.165, 1.54) is 12.1 Å². The van der Waals surface area contributed by atoms with Crippen LogP contribution in [0, 0.1) is 11.7 Å². The molecule has 1 aliphatic rings. The fourth-order valence-electron chi connectivity index (χ4n) is 3.98. The Bertz CT molecular complexity index is 1010. The number of urea groups is 1. The van der Waals surface area contributed by atoms with E-state index in [4.69, 9.17) is 9.47 Å². The first kappa shape index (κ1) is 28.3. The van der Waals surface area contributed by atoms with E-state index in [1.807, 2.05) is 45.0 Å². The standard InChI is InChI=1S/C29H40FN3O4/c1-21(2)20-36-26-12-8-23(9-13-26)19-33(18-22-6-10-24(30)11-7-22)27(34)31-25-14-16-32(17-15-25)28(35)37-29(3,4)5/h6-13,21,25H,14-20H2,1-5H3,(H,31,34). The molecule has 2 aromatic rings. The summed E-state index contributed by atoms with van der Waals surface area (Å²) in [6, 6.07) is 13.7. The second kappa shape index (κ2) is 12.8. The Morgan fingerprint density at radius 1 is 1.00 bits per heavy atom. The molecule has 7 nitrogen and oxygen atoms in total. The summed E-state index contributed by atoms with van der Waals surface area (Å²) in [5.74, 6) is 0.919. The summed E-state index contributed by atoms with van der Waals surface area (Å²) >= 11 is 0. The van der Waals surface area contributed by atoms with Gasteiger partial charge in [0, 0.05) is 32.2 Å². The summed E-state index contributed by atoms with van der Waals surface area (Å²) in [4.78, 5) is 29.1. The van der Waals surface area contributed by atoms with E-state index in [0.717, 1.165) is 16.9 Å². The summed E-state index contributed by atoms with van der Waals surface area (Å²) in [7, 11) is 0. The molecule has 1 aliphatic heterocycles. The van der Waals surface area contributed by atoms with Crippen molar-refractivity contribution in [3.63, 3.8) is 0 Å². The third kappa shape index (κ3) is 9.59. The van der Waals surface area contributed by atoms with Crippen LogP contribution in [0.5, 0.6) is 5.75 Å². The van der Waals surface area contributed by atoms with Crippen molar-refractivity contribution in [1.82, 2.24) is 15.1 Å². The summed E-state index contributed by atoms with van der Waals surface area (Å²) in [6.07, 6.45) is 0.977. The number of nitrogens with one attached hydrogen (secondary N) is 1. The molecule has 0 unspecified atom stereocenters. The van der Waals surface area contributed by atoms with Gasteiger partial charge in [0.2, 0.25) is 0 Å². The Balaban J connectivity index is 1.62. The average molecular weight is 514 g/mol. The fraction of sp³-hybridized carbons (Fsp3) is 0.517. The lowest BCUT2D eigenvalue weighted by molar-refractivity contribution is 0.0200. The number of carbonyl (C=O) groups is 2. The van der Waals surface area contributed by atoms with E-state index in [2.05, 4.69) is 19.2 Å². The lowest BCUT2D eigenvalue weighted by Crippen LogP contribution is -2.50. The molecule has 0 saturated carbocycles. The normalized spacial score (nSPS) is 14.4. The van der Waals surface area contributed by atoms with Crippen LogP contribution in [-0.4, -0.2) is 53.3 Å². The van der Waals surface area contributed by atoms with Gasteiger partial charge in [-0.3, -0.25) is 0 Å². The highest BCUT2D eigenvalue weighted by atomic mass is 19.1. The lowest BCUT2D eigenvalue weighted by Gasteiger charge is -2.34. The van der Waals surface area contributed by atoms with Crippen LogP contribution in [-0.2, 0) is 17.8 Å². The van der Waals surface area contributed by atoms with Crippen LogP contribution in [0.25, 0.3) is 0 Å². The molecule has 3 amide bonds. The smallest absolute Gasteiger partial charge is 0.410 e. The number of piperidine rings is 1. The number of benzene rings is 2. The minimum atomic E-state index is -0.540. The highest BCUT2D eigenvalue weighted by Gasteiger charge is 2.28. The second-order valence-corrected chi connectivity index (χ2v) is 11.0. The van der Waals surface area contributed by atoms with Crippen LogP contribution in [0.1, 0.15) is 58.6 Å². The number of hydrogen-bond acceptors (Lipinski definition) is 4. The first-order valence-electron chi connectivity index (χ1n) is 13.0. The zero-order valence-corrected chi connectivity index (χ0v) is 22.6. The molecule has 0 bridgehead atoms. The molecule has 1 saturated heterocycles. The second-order valence-electron chi connectivity index (χ2n) is 11.0. The van der Waals surface area contributed by atoms with E-state index in [1.54, 1.807) is 21.9 Å². The summed E-state index contributed by atoms with van der Waals surface area (Å²) in [6.45, 7) is 12.2. The van der Waals surface area contributed by atoms with E-state index in [0.29, 0.717) is 51.5 Å². The Hall–Kier alpha value is -3.29.